The summed E-state index contributed by atoms with van der Waals surface area (Å²) in [6.45, 7) is 7.69. The molecule has 10 heteroatoms. The molecule has 154 valence electrons. The summed E-state index contributed by atoms with van der Waals surface area (Å²) in [5, 5.41) is 6.39. The van der Waals surface area contributed by atoms with Gasteiger partial charge in [0.25, 0.3) is 0 Å². The molecule has 0 aromatic rings. The van der Waals surface area contributed by atoms with Gasteiger partial charge in [-0.1, -0.05) is 20.8 Å². The molecule has 0 aromatic carbocycles. The van der Waals surface area contributed by atoms with Gasteiger partial charge in [0.2, 0.25) is 0 Å². The highest BCUT2D eigenvalue weighted by molar-refractivity contribution is 7.90. The van der Waals surface area contributed by atoms with E-state index in [9.17, 15) is 21.6 Å². The molecule has 1 rings (SSSR count). The van der Waals surface area contributed by atoms with Gasteiger partial charge in [0.15, 0.2) is 5.96 Å². The van der Waals surface area contributed by atoms with Crippen molar-refractivity contribution in [2.24, 2.45) is 16.3 Å². The number of piperidine rings is 1. The first kappa shape index (κ1) is 23.0. The number of hydrogen-bond donors (Lipinski definition) is 2. The molecule has 0 spiro atoms. The Kier molecular flexibility index (Phi) is 8.19. The van der Waals surface area contributed by atoms with Crippen LogP contribution >= 0.6 is 0 Å². The summed E-state index contributed by atoms with van der Waals surface area (Å²) in [6, 6.07) is 0. The molecule has 1 aliphatic rings. The Morgan fingerprint density at radius 1 is 1.15 bits per heavy atom. The topological polar surface area (TPSA) is 73.8 Å². The largest absolute Gasteiger partial charge is 0.511 e. The Bertz CT molecular complexity index is 563. The van der Waals surface area contributed by atoms with Crippen LogP contribution < -0.4 is 10.6 Å². The van der Waals surface area contributed by atoms with Gasteiger partial charge < -0.3 is 10.6 Å². The van der Waals surface area contributed by atoms with Crippen molar-refractivity contribution in [3.63, 3.8) is 0 Å². The molecule has 0 aliphatic carbocycles. The first-order valence-corrected chi connectivity index (χ1v) is 10.3. The highest BCUT2D eigenvalue weighted by Crippen LogP contribution is 2.30. The van der Waals surface area contributed by atoms with Crippen molar-refractivity contribution < 1.29 is 21.6 Å². The van der Waals surface area contributed by atoms with Crippen LogP contribution in [0, 0.1) is 11.3 Å². The third-order valence-electron chi connectivity index (χ3n) is 4.38. The van der Waals surface area contributed by atoms with Crippen LogP contribution in [-0.2, 0) is 10.0 Å². The van der Waals surface area contributed by atoms with Crippen molar-refractivity contribution in [3.8, 4) is 0 Å². The fourth-order valence-corrected chi connectivity index (χ4v) is 3.77. The third-order valence-corrected chi connectivity index (χ3v) is 6.01. The van der Waals surface area contributed by atoms with Crippen LogP contribution in [-0.4, -0.2) is 57.4 Å². The van der Waals surface area contributed by atoms with Crippen molar-refractivity contribution >= 4 is 16.0 Å². The number of nitrogens with zero attached hydrogens (tertiary/aromatic N) is 2. The monoisotopic (exact) mass is 400 g/mol. The van der Waals surface area contributed by atoms with Crippen molar-refractivity contribution in [1.82, 2.24) is 14.9 Å². The van der Waals surface area contributed by atoms with E-state index < -0.39 is 15.5 Å². The zero-order chi connectivity index (χ0) is 20.0. The van der Waals surface area contributed by atoms with Crippen LogP contribution in [0.3, 0.4) is 0 Å². The summed E-state index contributed by atoms with van der Waals surface area (Å²) >= 11 is 0. The minimum absolute atomic E-state index is 0.105. The normalized spacial score (nSPS) is 18.8. The molecule has 1 saturated heterocycles. The number of alkyl halides is 3. The SMILES string of the molecule is CN=C(NCCCC(C)(C)C)NCC1CCN(S(=O)(=O)C(F)(F)F)CC1. The first-order valence-electron chi connectivity index (χ1n) is 8.88. The van der Waals surface area contributed by atoms with Crippen LogP contribution in [0.25, 0.3) is 0 Å². The van der Waals surface area contributed by atoms with Gasteiger partial charge in [0, 0.05) is 33.2 Å². The molecule has 6 nitrogen and oxygen atoms in total. The molecule has 0 amide bonds. The molecule has 2 N–H and O–H groups in total. The van der Waals surface area contributed by atoms with Crippen LogP contribution in [0.4, 0.5) is 13.2 Å². The summed E-state index contributed by atoms with van der Waals surface area (Å²) in [6.07, 6.45) is 2.88. The van der Waals surface area contributed by atoms with Crippen molar-refractivity contribution in [2.45, 2.75) is 52.0 Å². The second-order valence-electron chi connectivity index (χ2n) is 7.84. The summed E-state index contributed by atoms with van der Waals surface area (Å²) < 4.78 is 61.0. The number of guanidine groups is 1. The number of nitrogens with one attached hydrogen (secondary N) is 2. The van der Waals surface area contributed by atoms with Gasteiger partial charge in [-0.3, -0.25) is 4.99 Å². The maximum Gasteiger partial charge on any atom is 0.511 e. The first-order chi connectivity index (χ1) is 11.9. The minimum atomic E-state index is -5.23. The lowest BCUT2D eigenvalue weighted by atomic mass is 9.91. The van der Waals surface area contributed by atoms with Gasteiger partial charge >= 0.3 is 15.5 Å². The second kappa shape index (κ2) is 9.25. The predicted octanol–water partition coefficient (Wildman–Crippen LogP) is 2.54. The molecule has 1 heterocycles. The highest BCUT2D eigenvalue weighted by Gasteiger charge is 2.50. The van der Waals surface area contributed by atoms with Gasteiger partial charge in [0.1, 0.15) is 0 Å². The maximum atomic E-state index is 12.6. The summed E-state index contributed by atoms with van der Waals surface area (Å²) in [7, 11) is -3.54. The molecule has 1 fully saturated rings. The molecule has 0 atom stereocenters. The summed E-state index contributed by atoms with van der Waals surface area (Å²) in [5.41, 5.74) is -4.94. The van der Waals surface area contributed by atoms with Crippen molar-refractivity contribution in [1.29, 1.82) is 0 Å². The number of rotatable bonds is 6. The van der Waals surface area contributed by atoms with E-state index in [-0.39, 0.29) is 24.4 Å². The van der Waals surface area contributed by atoms with Crippen LogP contribution in [0.5, 0.6) is 0 Å². The maximum absolute atomic E-state index is 12.6. The molecule has 0 saturated carbocycles. The Hall–Kier alpha value is -1.03. The molecule has 0 bridgehead atoms. The molecular formula is C16H31F3N4O2S. The lowest BCUT2D eigenvalue weighted by Gasteiger charge is -2.31. The van der Waals surface area contributed by atoms with Gasteiger partial charge in [-0.2, -0.15) is 17.5 Å². The molecule has 0 aromatic heterocycles. The Balaban J connectivity index is 2.34. The average molecular weight is 401 g/mol. The number of sulfonamides is 1. The molecular weight excluding hydrogens is 369 g/mol. The fraction of sp³-hybridized carbons (Fsp3) is 0.938. The van der Waals surface area contributed by atoms with Gasteiger partial charge in [0.05, 0.1) is 0 Å². The van der Waals surface area contributed by atoms with Gasteiger partial charge in [-0.15, -0.1) is 0 Å². The highest BCUT2D eigenvalue weighted by atomic mass is 32.2. The zero-order valence-corrected chi connectivity index (χ0v) is 16.8. The molecule has 26 heavy (non-hydrogen) atoms. The average Bonchev–Trinajstić information content (AvgIpc) is 2.52. The molecule has 0 unspecified atom stereocenters. The number of halogens is 3. The summed E-state index contributed by atoms with van der Waals surface area (Å²) in [5.74, 6) is 0.770. The number of aliphatic imine (C=N–C) groups is 1. The van der Waals surface area contributed by atoms with Crippen molar-refractivity contribution in [3.05, 3.63) is 0 Å². The van der Waals surface area contributed by atoms with E-state index in [0.717, 1.165) is 19.4 Å². The van der Waals surface area contributed by atoms with E-state index in [0.29, 0.717) is 29.7 Å². The Morgan fingerprint density at radius 2 is 1.73 bits per heavy atom. The zero-order valence-electron chi connectivity index (χ0n) is 16.0. The third kappa shape index (κ3) is 7.30. The van der Waals surface area contributed by atoms with E-state index >= 15 is 0 Å². The van der Waals surface area contributed by atoms with E-state index in [1.807, 2.05) is 0 Å². The Morgan fingerprint density at radius 3 is 2.19 bits per heavy atom. The van der Waals surface area contributed by atoms with Gasteiger partial charge in [-0.05, 0) is 37.0 Å². The quantitative estimate of drug-likeness (QED) is 0.408. The van der Waals surface area contributed by atoms with Crippen molar-refractivity contribution in [2.75, 3.05) is 33.2 Å². The van der Waals surface area contributed by atoms with E-state index in [1.165, 1.54) is 0 Å². The smallest absolute Gasteiger partial charge is 0.356 e. The lowest BCUT2D eigenvalue weighted by molar-refractivity contribution is -0.0496. The van der Waals surface area contributed by atoms with Crippen LogP contribution in [0.15, 0.2) is 4.99 Å². The van der Waals surface area contributed by atoms with Crippen LogP contribution in [0.2, 0.25) is 0 Å². The summed E-state index contributed by atoms with van der Waals surface area (Å²) in [4.78, 5) is 4.13. The van der Waals surface area contributed by atoms with Crippen LogP contribution in [0.1, 0.15) is 46.5 Å². The fourth-order valence-electron chi connectivity index (χ4n) is 2.79. The predicted molar refractivity (Wildman–Crippen MR) is 97.3 cm³/mol. The van der Waals surface area contributed by atoms with E-state index in [1.54, 1.807) is 7.05 Å². The lowest BCUT2D eigenvalue weighted by Crippen LogP contribution is -2.47. The minimum Gasteiger partial charge on any atom is -0.356 e. The molecule has 1 aliphatic heterocycles. The number of hydrogen-bond acceptors (Lipinski definition) is 3. The van der Waals surface area contributed by atoms with Gasteiger partial charge in [-0.25, -0.2) is 8.42 Å². The molecule has 0 radical (unpaired) electrons. The van der Waals surface area contributed by atoms with E-state index in [4.69, 9.17) is 0 Å². The standard InChI is InChI=1S/C16H31F3N4O2S/c1-15(2,3)8-5-9-21-14(20-4)22-12-13-6-10-23(11-7-13)26(24,25)16(17,18)19/h13H,5-12H2,1-4H3,(H2,20,21,22). The van der Waals surface area contributed by atoms with E-state index in [2.05, 4.69) is 36.4 Å². The Labute approximate surface area is 154 Å². The second-order valence-corrected chi connectivity index (χ2v) is 9.77.